The first-order chi connectivity index (χ1) is 16.5. The number of hydrogen-bond acceptors (Lipinski definition) is 6. The first-order valence-electron chi connectivity index (χ1n) is 10.3. The molecule has 0 aliphatic carbocycles. The Morgan fingerprint density at radius 1 is 0.912 bits per heavy atom. The Morgan fingerprint density at radius 3 is 2.35 bits per heavy atom. The van der Waals surface area contributed by atoms with E-state index in [-0.39, 0.29) is 15.7 Å². The Kier molecular flexibility index (Phi) is 6.14. The lowest BCUT2D eigenvalue weighted by atomic mass is 10.0. The zero-order chi connectivity index (χ0) is 23.7. The van der Waals surface area contributed by atoms with Crippen molar-refractivity contribution in [1.82, 2.24) is 15.0 Å². The Morgan fingerprint density at radius 2 is 1.59 bits per heavy atom. The first kappa shape index (κ1) is 22.3. The lowest BCUT2D eigenvalue weighted by molar-refractivity contribution is -0.133. The number of hydrogen-bond donors (Lipinski definition) is 1. The summed E-state index contributed by atoms with van der Waals surface area (Å²) < 4.78 is 2.41. The van der Waals surface area contributed by atoms with Gasteiger partial charge in [-0.1, -0.05) is 89.8 Å². The van der Waals surface area contributed by atoms with Gasteiger partial charge in [0.05, 0.1) is 15.1 Å². The molecule has 1 N–H and O–H groups in total. The van der Waals surface area contributed by atoms with E-state index in [2.05, 4.69) is 5.43 Å². The fourth-order valence-electron chi connectivity index (χ4n) is 3.59. The van der Waals surface area contributed by atoms with E-state index in [9.17, 15) is 14.4 Å². The number of benzene rings is 3. The van der Waals surface area contributed by atoms with E-state index in [1.165, 1.54) is 4.57 Å². The van der Waals surface area contributed by atoms with E-state index in [0.29, 0.717) is 10.4 Å². The highest BCUT2D eigenvalue weighted by Gasteiger charge is 2.33. The van der Waals surface area contributed by atoms with Crippen molar-refractivity contribution in [1.29, 1.82) is 0 Å². The number of aromatic nitrogens is 1. The van der Waals surface area contributed by atoms with Gasteiger partial charge in [-0.05, 0) is 47.1 Å². The number of carbonyl (C=O) groups is 2. The van der Waals surface area contributed by atoms with Crippen LogP contribution in [-0.4, -0.2) is 25.7 Å². The van der Waals surface area contributed by atoms with E-state index < -0.39 is 11.8 Å². The summed E-state index contributed by atoms with van der Waals surface area (Å²) in [6.45, 7) is -0.208. The number of rotatable bonds is 5. The molecule has 1 aromatic heterocycles. The molecule has 0 atom stereocenters. The molecular weight excluding hydrogens is 486 g/mol. The van der Waals surface area contributed by atoms with Crippen LogP contribution < -0.4 is 10.3 Å². The van der Waals surface area contributed by atoms with Crippen molar-refractivity contribution in [2.24, 2.45) is 0 Å². The van der Waals surface area contributed by atoms with Crippen LogP contribution in [-0.2, 0) is 16.1 Å². The molecule has 4 aromatic rings. The molecule has 6 nitrogen and oxygen atoms in total. The van der Waals surface area contributed by atoms with Crippen molar-refractivity contribution in [2.75, 3.05) is 0 Å². The molecule has 168 valence electrons. The zero-order valence-corrected chi connectivity index (χ0v) is 20.1. The highest BCUT2D eigenvalue weighted by atomic mass is 32.2. The number of amides is 2. The molecule has 3 aromatic carbocycles. The summed E-state index contributed by atoms with van der Waals surface area (Å²) in [5.74, 6) is -0.909. The van der Waals surface area contributed by atoms with Crippen LogP contribution in [0.2, 0.25) is 0 Å². The number of thiazole rings is 1. The third-order valence-electron chi connectivity index (χ3n) is 5.22. The number of nitrogens with one attached hydrogen (secondary N) is 1. The van der Waals surface area contributed by atoms with Gasteiger partial charge < -0.3 is 0 Å². The quantitative estimate of drug-likeness (QED) is 0.317. The summed E-state index contributed by atoms with van der Waals surface area (Å²) in [7, 11) is 0. The zero-order valence-electron chi connectivity index (χ0n) is 17.6. The second kappa shape index (κ2) is 9.38. The smallest absolute Gasteiger partial charge is 0.289 e. The lowest BCUT2D eigenvalue weighted by Gasteiger charge is -2.15. The predicted molar refractivity (Wildman–Crippen MR) is 141 cm³/mol. The highest BCUT2D eigenvalue weighted by Crippen LogP contribution is 2.32. The molecule has 2 amide bonds. The number of fused-ring (bicyclic) bond motifs is 1. The molecule has 9 heteroatoms. The van der Waals surface area contributed by atoms with Crippen molar-refractivity contribution in [3.05, 3.63) is 99.0 Å². The van der Waals surface area contributed by atoms with Gasteiger partial charge in [-0.15, -0.1) is 0 Å². The second-order valence-electron chi connectivity index (χ2n) is 7.46. The summed E-state index contributed by atoms with van der Waals surface area (Å²) in [6.07, 6.45) is 1.75. The van der Waals surface area contributed by atoms with E-state index in [1.807, 2.05) is 72.8 Å². The van der Waals surface area contributed by atoms with Gasteiger partial charge in [0.15, 0.2) is 4.32 Å². The third-order valence-corrected chi connectivity index (χ3v) is 7.48. The molecule has 1 aliphatic heterocycles. The molecular formula is C25H17N3O3S3. The molecule has 0 unspecified atom stereocenters. The molecule has 1 aliphatic rings. The topological polar surface area (TPSA) is 71.4 Å². The van der Waals surface area contributed by atoms with Gasteiger partial charge in [-0.3, -0.25) is 24.4 Å². The van der Waals surface area contributed by atoms with Gasteiger partial charge in [-0.25, -0.2) is 0 Å². The molecule has 2 heterocycles. The van der Waals surface area contributed by atoms with Gasteiger partial charge in [0, 0.05) is 0 Å². The molecule has 0 bridgehead atoms. The first-order valence-corrected chi connectivity index (χ1v) is 12.3. The average Bonchev–Trinajstić information content (AvgIpc) is 3.30. The Hall–Kier alpha value is -3.53. The molecule has 0 saturated carbocycles. The molecule has 0 radical (unpaired) electrons. The number of thioether (sulfide) groups is 1. The van der Waals surface area contributed by atoms with Crippen LogP contribution in [0, 0.1) is 0 Å². The van der Waals surface area contributed by atoms with Crippen LogP contribution in [0.1, 0.15) is 5.56 Å². The van der Waals surface area contributed by atoms with Gasteiger partial charge in [0.25, 0.3) is 11.8 Å². The average molecular weight is 504 g/mol. The number of carbonyl (C=O) groups excluding carboxylic acids is 2. The van der Waals surface area contributed by atoms with Crippen molar-refractivity contribution in [3.8, 4) is 11.1 Å². The minimum Gasteiger partial charge on any atom is -0.289 e. The maximum atomic E-state index is 12.9. The van der Waals surface area contributed by atoms with Crippen molar-refractivity contribution in [2.45, 2.75) is 6.54 Å². The highest BCUT2D eigenvalue weighted by molar-refractivity contribution is 8.26. The fourth-order valence-corrected chi connectivity index (χ4v) is 5.66. The molecule has 0 spiro atoms. The van der Waals surface area contributed by atoms with Gasteiger partial charge in [-0.2, -0.15) is 5.01 Å². The van der Waals surface area contributed by atoms with Gasteiger partial charge in [0.1, 0.15) is 6.54 Å². The van der Waals surface area contributed by atoms with Gasteiger partial charge in [0.2, 0.25) is 0 Å². The SMILES string of the molecule is O=C(Cn1c(=O)sc2ccccc21)NN1C(=O)/C(=C/c2ccc(-c3ccccc3)cc2)SC1=S. The number of para-hydroxylation sites is 1. The molecule has 1 saturated heterocycles. The van der Waals surface area contributed by atoms with Gasteiger partial charge >= 0.3 is 4.87 Å². The third kappa shape index (κ3) is 4.45. The number of thiocarbonyl (C=S) groups is 1. The van der Waals surface area contributed by atoms with Crippen molar-refractivity contribution in [3.63, 3.8) is 0 Å². The van der Waals surface area contributed by atoms with E-state index >= 15 is 0 Å². The van der Waals surface area contributed by atoms with Crippen LogP contribution >= 0.6 is 35.3 Å². The van der Waals surface area contributed by atoms with E-state index in [1.54, 1.807) is 12.1 Å². The Balaban J connectivity index is 1.29. The summed E-state index contributed by atoms with van der Waals surface area (Å²) in [6, 6.07) is 25.1. The summed E-state index contributed by atoms with van der Waals surface area (Å²) in [5, 5.41) is 1.06. The van der Waals surface area contributed by atoms with E-state index in [0.717, 1.165) is 49.5 Å². The minimum absolute atomic E-state index is 0.208. The fraction of sp³-hybridized carbons (Fsp3) is 0.0400. The maximum Gasteiger partial charge on any atom is 0.308 e. The van der Waals surface area contributed by atoms with Crippen LogP contribution in [0.15, 0.2) is 88.6 Å². The largest absolute Gasteiger partial charge is 0.308 e. The van der Waals surface area contributed by atoms with Crippen LogP contribution in [0.25, 0.3) is 27.4 Å². The monoisotopic (exact) mass is 503 g/mol. The van der Waals surface area contributed by atoms with Crippen LogP contribution in [0.3, 0.4) is 0 Å². The number of hydrazine groups is 1. The molecule has 5 rings (SSSR count). The van der Waals surface area contributed by atoms with Crippen molar-refractivity contribution < 1.29 is 9.59 Å². The predicted octanol–water partition coefficient (Wildman–Crippen LogP) is 4.66. The molecule has 1 fully saturated rings. The Labute approximate surface area is 208 Å². The lowest BCUT2D eigenvalue weighted by Crippen LogP contribution is -2.46. The normalized spacial score (nSPS) is 14.8. The number of nitrogens with zero attached hydrogens (tertiary/aromatic N) is 2. The molecule has 34 heavy (non-hydrogen) atoms. The van der Waals surface area contributed by atoms with E-state index in [4.69, 9.17) is 12.2 Å². The van der Waals surface area contributed by atoms with Crippen molar-refractivity contribution >= 4 is 67.7 Å². The standard InChI is InChI=1S/C25H17N3O3S3/c29-22(15-27-19-8-4-5-9-20(19)33-24(27)31)26-28-23(30)21(34-25(28)32)14-16-10-12-18(13-11-16)17-6-2-1-3-7-17/h1-14H,15H2,(H,26,29)/b21-14-. The summed E-state index contributed by atoms with van der Waals surface area (Å²) in [4.78, 5) is 38.0. The van der Waals surface area contributed by atoms with Crippen LogP contribution in [0.4, 0.5) is 0 Å². The minimum atomic E-state index is -0.504. The summed E-state index contributed by atoms with van der Waals surface area (Å²) >= 11 is 7.50. The van der Waals surface area contributed by atoms with Crippen LogP contribution in [0.5, 0.6) is 0 Å². The summed E-state index contributed by atoms with van der Waals surface area (Å²) in [5.41, 5.74) is 6.26. The maximum absolute atomic E-state index is 12.9. The Bertz CT molecular complexity index is 1510. The second-order valence-corrected chi connectivity index (χ2v) is 10.1.